The molecule has 0 spiro atoms. The molecule has 1 aromatic heterocycles. The smallest absolute Gasteiger partial charge is 0.309 e. The molecule has 1 aromatic rings. The van der Waals surface area contributed by atoms with E-state index < -0.39 is 0 Å². The van der Waals surface area contributed by atoms with E-state index in [0.29, 0.717) is 11.6 Å². The second kappa shape index (κ2) is 8.17. The SMILES string of the molecule is COC(=O)C(C)CN(C)CC(=O)Nc1ncc(Cl)cc1Cl. The lowest BCUT2D eigenvalue weighted by Crippen LogP contribution is -2.35. The van der Waals surface area contributed by atoms with Crippen molar-refractivity contribution in [3.05, 3.63) is 22.3 Å². The fraction of sp³-hybridized carbons (Fsp3) is 0.462. The van der Waals surface area contributed by atoms with E-state index in [1.807, 2.05) is 0 Å². The van der Waals surface area contributed by atoms with Crippen molar-refractivity contribution in [3.63, 3.8) is 0 Å². The fourth-order valence-electron chi connectivity index (χ4n) is 1.73. The molecule has 116 valence electrons. The number of carbonyl (C=O) groups excluding carboxylic acids is 2. The number of carbonyl (C=O) groups is 2. The first kappa shape index (κ1) is 17.7. The molecule has 1 rings (SSSR count). The van der Waals surface area contributed by atoms with Gasteiger partial charge in [-0.15, -0.1) is 0 Å². The van der Waals surface area contributed by atoms with Gasteiger partial charge in [0.2, 0.25) is 5.91 Å². The zero-order chi connectivity index (χ0) is 16.0. The Hall–Kier alpha value is -1.37. The largest absolute Gasteiger partial charge is 0.469 e. The molecule has 0 saturated heterocycles. The molecule has 8 heteroatoms. The second-order valence-electron chi connectivity index (χ2n) is 4.65. The molecule has 0 saturated carbocycles. The van der Waals surface area contributed by atoms with Gasteiger partial charge in [-0.05, 0) is 13.1 Å². The van der Waals surface area contributed by atoms with E-state index >= 15 is 0 Å². The van der Waals surface area contributed by atoms with Gasteiger partial charge in [-0.25, -0.2) is 4.98 Å². The van der Waals surface area contributed by atoms with Gasteiger partial charge in [-0.3, -0.25) is 14.5 Å². The zero-order valence-electron chi connectivity index (χ0n) is 12.0. The molecule has 1 N–H and O–H groups in total. The van der Waals surface area contributed by atoms with Gasteiger partial charge in [0.15, 0.2) is 5.82 Å². The van der Waals surface area contributed by atoms with Gasteiger partial charge < -0.3 is 10.1 Å². The standard InChI is InChI=1S/C13H17Cl2N3O3/c1-8(13(20)21-3)6-18(2)7-11(19)17-12-10(15)4-9(14)5-16-12/h4-5,8H,6-7H2,1-3H3,(H,16,17,19). The topological polar surface area (TPSA) is 71.5 Å². The maximum absolute atomic E-state index is 11.9. The summed E-state index contributed by atoms with van der Waals surface area (Å²) in [7, 11) is 3.07. The number of nitrogens with zero attached hydrogens (tertiary/aromatic N) is 2. The quantitative estimate of drug-likeness (QED) is 0.807. The van der Waals surface area contributed by atoms with Crippen molar-refractivity contribution in [1.29, 1.82) is 0 Å². The number of amides is 1. The van der Waals surface area contributed by atoms with Crippen LogP contribution >= 0.6 is 23.2 Å². The number of nitrogens with one attached hydrogen (secondary N) is 1. The van der Waals surface area contributed by atoms with Crippen LogP contribution in [0.15, 0.2) is 12.3 Å². The van der Waals surface area contributed by atoms with Crippen molar-refractivity contribution in [3.8, 4) is 0 Å². The van der Waals surface area contributed by atoms with Gasteiger partial charge >= 0.3 is 5.97 Å². The van der Waals surface area contributed by atoms with Crippen LogP contribution in [0.4, 0.5) is 5.82 Å². The van der Waals surface area contributed by atoms with Gasteiger partial charge in [0.05, 0.1) is 29.6 Å². The monoisotopic (exact) mass is 333 g/mol. The number of halogens is 2. The van der Waals surface area contributed by atoms with Crippen molar-refractivity contribution in [2.24, 2.45) is 5.92 Å². The summed E-state index contributed by atoms with van der Waals surface area (Å²) >= 11 is 11.6. The van der Waals surface area contributed by atoms with Crippen LogP contribution in [0.3, 0.4) is 0 Å². The average molecular weight is 334 g/mol. The zero-order valence-corrected chi connectivity index (χ0v) is 13.5. The molecule has 0 aromatic carbocycles. The Morgan fingerprint density at radius 3 is 2.71 bits per heavy atom. The summed E-state index contributed by atoms with van der Waals surface area (Å²) in [6, 6.07) is 1.49. The summed E-state index contributed by atoms with van der Waals surface area (Å²) in [5.74, 6) is -0.665. The minimum atomic E-state index is -0.315. The molecule has 0 aliphatic heterocycles. The molecule has 6 nitrogen and oxygen atoms in total. The lowest BCUT2D eigenvalue weighted by molar-refractivity contribution is -0.145. The highest BCUT2D eigenvalue weighted by molar-refractivity contribution is 6.36. The number of hydrogen-bond donors (Lipinski definition) is 1. The summed E-state index contributed by atoms with van der Waals surface area (Å²) in [4.78, 5) is 28.8. The normalized spacial score (nSPS) is 12.1. The number of esters is 1. The summed E-state index contributed by atoms with van der Waals surface area (Å²) in [5, 5.41) is 3.24. The molecule has 0 radical (unpaired) electrons. The number of rotatable bonds is 6. The minimum absolute atomic E-state index is 0.0992. The molecule has 1 unspecified atom stereocenters. The van der Waals surface area contributed by atoms with Crippen molar-refractivity contribution in [2.45, 2.75) is 6.92 Å². The van der Waals surface area contributed by atoms with Crippen LogP contribution < -0.4 is 5.32 Å². The van der Waals surface area contributed by atoms with Gasteiger partial charge in [0, 0.05) is 12.7 Å². The Morgan fingerprint density at radius 2 is 2.14 bits per heavy atom. The maximum atomic E-state index is 11.9. The third-order valence-corrected chi connectivity index (χ3v) is 3.16. The first-order valence-electron chi connectivity index (χ1n) is 6.20. The van der Waals surface area contributed by atoms with Crippen molar-refractivity contribution >= 4 is 40.9 Å². The van der Waals surface area contributed by atoms with E-state index in [0.717, 1.165) is 0 Å². The predicted octanol–water partition coefficient (Wildman–Crippen LogP) is 2.07. The molecule has 21 heavy (non-hydrogen) atoms. The van der Waals surface area contributed by atoms with Crippen LogP contribution in [0.25, 0.3) is 0 Å². The van der Waals surface area contributed by atoms with Crippen LogP contribution in [-0.4, -0.2) is 49.0 Å². The number of pyridine rings is 1. The summed E-state index contributed by atoms with van der Waals surface area (Å²) in [6.07, 6.45) is 1.39. The maximum Gasteiger partial charge on any atom is 0.309 e. The highest BCUT2D eigenvalue weighted by Crippen LogP contribution is 2.22. The number of aromatic nitrogens is 1. The van der Waals surface area contributed by atoms with Gasteiger partial charge in [-0.2, -0.15) is 0 Å². The van der Waals surface area contributed by atoms with E-state index in [-0.39, 0.29) is 35.2 Å². The molecular weight excluding hydrogens is 317 g/mol. The molecule has 1 atom stereocenters. The fourth-order valence-corrected chi connectivity index (χ4v) is 2.16. The third kappa shape index (κ3) is 5.87. The number of anilines is 1. The average Bonchev–Trinajstić information content (AvgIpc) is 2.40. The molecule has 1 amide bonds. The summed E-state index contributed by atoms with van der Waals surface area (Å²) < 4.78 is 4.63. The molecule has 0 aliphatic carbocycles. The molecule has 1 heterocycles. The first-order chi connectivity index (χ1) is 9.83. The van der Waals surface area contributed by atoms with Crippen LogP contribution in [0.5, 0.6) is 0 Å². The first-order valence-corrected chi connectivity index (χ1v) is 6.96. The van der Waals surface area contributed by atoms with Crippen molar-refractivity contribution < 1.29 is 14.3 Å². The molecule has 0 aliphatic rings. The van der Waals surface area contributed by atoms with E-state index in [1.54, 1.807) is 18.9 Å². The van der Waals surface area contributed by atoms with Crippen LogP contribution in [0, 0.1) is 5.92 Å². The molecule has 0 bridgehead atoms. The summed E-state index contributed by atoms with van der Waals surface area (Å²) in [5.41, 5.74) is 0. The molecular formula is C13H17Cl2N3O3. The Morgan fingerprint density at radius 1 is 1.48 bits per heavy atom. The number of hydrogen-bond acceptors (Lipinski definition) is 5. The van der Waals surface area contributed by atoms with Crippen LogP contribution in [0.2, 0.25) is 10.0 Å². The molecule has 0 fully saturated rings. The highest BCUT2D eigenvalue weighted by atomic mass is 35.5. The van der Waals surface area contributed by atoms with Gasteiger partial charge in [0.25, 0.3) is 0 Å². The highest BCUT2D eigenvalue weighted by Gasteiger charge is 2.17. The lowest BCUT2D eigenvalue weighted by Gasteiger charge is -2.19. The minimum Gasteiger partial charge on any atom is -0.469 e. The number of likely N-dealkylation sites (N-methyl/N-ethyl adjacent to an activating group) is 1. The Balaban J connectivity index is 2.51. The van der Waals surface area contributed by atoms with Crippen LogP contribution in [-0.2, 0) is 14.3 Å². The van der Waals surface area contributed by atoms with E-state index in [9.17, 15) is 9.59 Å². The Labute approximate surface area is 133 Å². The van der Waals surface area contributed by atoms with Crippen molar-refractivity contribution in [1.82, 2.24) is 9.88 Å². The summed E-state index contributed by atoms with van der Waals surface area (Å²) in [6.45, 7) is 2.24. The third-order valence-electron chi connectivity index (χ3n) is 2.67. The Bertz CT molecular complexity index is 525. The van der Waals surface area contributed by atoms with Crippen molar-refractivity contribution in [2.75, 3.05) is 32.6 Å². The number of ether oxygens (including phenoxy) is 1. The lowest BCUT2D eigenvalue weighted by atomic mass is 10.2. The van der Waals surface area contributed by atoms with Gasteiger partial charge in [0.1, 0.15) is 0 Å². The Kier molecular flexibility index (Phi) is 6.87. The van der Waals surface area contributed by atoms with E-state index in [1.165, 1.54) is 19.4 Å². The van der Waals surface area contributed by atoms with E-state index in [4.69, 9.17) is 23.2 Å². The van der Waals surface area contributed by atoms with Crippen LogP contribution in [0.1, 0.15) is 6.92 Å². The second-order valence-corrected chi connectivity index (χ2v) is 5.50. The number of methoxy groups -OCH3 is 1. The van der Waals surface area contributed by atoms with E-state index in [2.05, 4.69) is 15.0 Å². The predicted molar refractivity (Wildman–Crippen MR) is 81.6 cm³/mol. The van der Waals surface area contributed by atoms with Gasteiger partial charge in [-0.1, -0.05) is 30.1 Å².